The molecule has 0 aliphatic carbocycles. The molecule has 1 aromatic carbocycles. The summed E-state index contributed by atoms with van der Waals surface area (Å²) in [6.45, 7) is 3.63. The van der Waals surface area contributed by atoms with E-state index >= 15 is 0 Å². The number of hydrogen-bond acceptors (Lipinski definition) is 2. The quantitative estimate of drug-likeness (QED) is 0.570. The molecule has 0 bridgehead atoms. The first-order chi connectivity index (χ1) is 5.46. The van der Waals surface area contributed by atoms with E-state index in [-0.39, 0.29) is 5.75 Å². The van der Waals surface area contributed by atoms with Crippen LogP contribution in [0.1, 0.15) is 11.1 Å². The van der Waals surface area contributed by atoms with E-state index in [4.69, 9.17) is 5.73 Å². The highest BCUT2D eigenvalue weighted by Crippen LogP contribution is 2.40. The van der Waals surface area contributed by atoms with Gasteiger partial charge in [0.15, 0.2) is 0 Å². The number of rotatable bonds is 0. The van der Waals surface area contributed by atoms with Crippen LogP contribution in [0, 0.1) is 13.8 Å². The minimum Gasteiger partial charge on any atom is -0.507 e. The Labute approximate surface area is 88.0 Å². The smallest absolute Gasteiger partial charge is 0.123 e. The van der Waals surface area contributed by atoms with Crippen molar-refractivity contribution in [3.8, 4) is 5.75 Å². The summed E-state index contributed by atoms with van der Waals surface area (Å²) < 4.78 is 1.50. The maximum Gasteiger partial charge on any atom is 0.123 e. The minimum absolute atomic E-state index is 0.281. The summed E-state index contributed by atoms with van der Waals surface area (Å²) >= 11 is 6.60. The molecular weight excluding hydrogens is 286 g/mol. The van der Waals surface area contributed by atoms with Gasteiger partial charge in [0.1, 0.15) is 5.75 Å². The van der Waals surface area contributed by atoms with Gasteiger partial charge >= 0.3 is 0 Å². The van der Waals surface area contributed by atoms with Crippen LogP contribution >= 0.6 is 31.9 Å². The average molecular weight is 295 g/mol. The first kappa shape index (κ1) is 9.86. The molecule has 0 aliphatic heterocycles. The largest absolute Gasteiger partial charge is 0.507 e. The Morgan fingerprint density at radius 1 is 1.08 bits per heavy atom. The molecule has 0 amide bonds. The number of halogens is 2. The SMILES string of the molecule is Cc1c(O)c(C)c(Br)c(N)c1Br. The molecule has 66 valence electrons. The van der Waals surface area contributed by atoms with E-state index in [2.05, 4.69) is 31.9 Å². The van der Waals surface area contributed by atoms with Crippen molar-refractivity contribution < 1.29 is 5.11 Å². The van der Waals surface area contributed by atoms with E-state index < -0.39 is 0 Å². The number of phenolic OH excluding ortho intramolecular Hbond substituents is 1. The fourth-order valence-corrected chi connectivity index (χ4v) is 2.03. The molecule has 3 N–H and O–H groups in total. The van der Waals surface area contributed by atoms with Crippen molar-refractivity contribution in [2.24, 2.45) is 0 Å². The van der Waals surface area contributed by atoms with Gasteiger partial charge < -0.3 is 10.8 Å². The maximum absolute atomic E-state index is 9.58. The number of nitrogen functional groups attached to an aromatic ring is 1. The van der Waals surface area contributed by atoms with E-state index in [9.17, 15) is 5.11 Å². The van der Waals surface area contributed by atoms with Gasteiger partial charge in [-0.1, -0.05) is 0 Å². The summed E-state index contributed by atoms with van der Waals surface area (Å²) in [6, 6.07) is 0. The van der Waals surface area contributed by atoms with Crippen LogP contribution in [0.25, 0.3) is 0 Å². The van der Waals surface area contributed by atoms with Gasteiger partial charge in [-0.2, -0.15) is 0 Å². The summed E-state index contributed by atoms with van der Waals surface area (Å²) in [5, 5.41) is 9.58. The Morgan fingerprint density at radius 3 is 1.75 bits per heavy atom. The number of aromatic hydroxyl groups is 1. The van der Waals surface area contributed by atoms with Crippen molar-refractivity contribution in [2.75, 3.05) is 5.73 Å². The van der Waals surface area contributed by atoms with Crippen molar-refractivity contribution in [3.63, 3.8) is 0 Å². The second-order valence-electron chi connectivity index (χ2n) is 2.64. The average Bonchev–Trinajstić information content (AvgIpc) is 2.08. The molecule has 0 aromatic heterocycles. The lowest BCUT2D eigenvalue weighted by Gasteiger charge is -2.11. The lowest BCUT2D eigenvalue weighted by atomic mass is 10.1. The van der Waals surface area contributed by atoms with E-state index in [1.165, 1.54) is 0 Å². The standard InChI is InChI=1S/C8H9Br2NO/c1-3-5(9)7(11)6(10)4(2)8(3)12/h12H,11H2,1-2H3. The third-order valence-electron chi connectivity index (χ3n) is 1.84. The third-order valence-corrected chi connectivity index (χ3v) is 3.89. The van der Waals surface area contributed by atoms with Crippen LogP contribution in [-0.4, -0.2) is 5.11 Å². The van der Waals surface area contributed by atoms with Gasteiger partial charge in [0.25, 0.3) is 0 Å². The second kappa shape index (κ2) is 3.26. The third kappa shape index (κ3) is 1.33. The first-order valence-electron chi connectivity index (χ1n) is 3.39. The molecule has 0 saturated carbocycles. The van der Waals surface area contributed by atoms with Crippen LogP contribution in [-0.2, 0) is 0 Å². The van der Waals surface area contributed by atoms with Crippen molar-refractivity contribution in [2.45, 2.75) is 13.8 Å². The van der Waals surface area contributed by atoms with Gasteiger partial charge in [-0.15, -0.1) is 0 Å². The van der Waals surface area contributed by atoms with Crippen LogP contribution in [0.4, 0.5) is 5.69 Å². The summed E-state index contributed by atoms with van der Waals surface area (Å²) in [4.78, 5) is 0. The highest BCUT2D eigenvalue weighted by Gasteiger charge is 2.13. The van der Waals surface area contributed by atoms with Crippen molar-refractivity contribution in [1.82, 2.24) is 0 Å². The highest BCUT2D eigenvalue weighted by atomic mass is 79.9. The van der Waals surface area contributed by atoms with Crippen LogP contribution < -0.4 is 5.73 Å². The fourth-order valence-electron chi connectivity index (χ4n) is 0.990. The van der Waals surface area contributed by atoms with Crippen molar-refractivity contribution in [3.05, 3.63) is 20.1 Å². The zero-order valence-electron chi connectivity index (χ0n) is 6.78. The minimum atomic E-state index is 0.281. The molecule has 0 fully saturated rings. The predicted octanol–water partition coefficient (Wildman–Crippen LogP) is 3.12. The zero-order chi connectivity index (χ0) is 9.46. The molecule has 0 heterocycles. The zero-order valence-corrected chi connectivity index (χ0v) is 9.95. The van der Waals surface area contributed by atoms with Gasteiger partial charge in [0.05, 0.1) is 5.69 Å². The summed E-state index contributed by atoms with van der Waals surface area (Å²) in [5.41, 5.74) is 7.92. The molecule has 2 nitrogen and oxygen atoms in total. The van der Waals surface area contributed by atoms with Crippen LogP contribution in [0.15, 0.2) is 8.95 Å². The van der Waals surface area contributed by atoms with Gasteiger partial charge in [0, 0.05) is 20.1 Å². The van der Waals surface area contributed by atoms with E-state index in [0.29, 0.717) is 5.69 Å². The van der Waals surface area contributed by atoms with E-state index in [1.54, 1.807) is 0 Å². The van der Waals surface area contributed by atoms with Crippen molar-refractivity contribution >= 4 is 37.5 Å². The number of benzene rings is 1. The summed E-state index contributed by atoms with van der Waals surface area (Å²) in [6.07, 6.45) is 0. The van der Waals surface area contributed by atoms with E-state index in [0.717, 1.165) is 20.1 Å². The molecular formula is C8H9Br2NO. The van der Waals surface area contributed by atoms with Gasteiger partial charge in [-0.25, -0.2) is 0 Å². The monoisotopic (exact) mass is 293 g/mol. The number of phenols is 1. The maximum atomic E-state index is 9.58. The number of nitrogens with two attached hydrogens (primary N) is 1. The van der Waals surface area contributed by atoms with Crippen LogP contribution in [0.2, 0.25) is 0 Å². The first-order valence-corrected chi connectivity index (χ1v) is 4.98. The van der Waals surface area contributed by atoms with Gasteiger partial charge in [0.2, 0.25) is 0 Å². The molecule has 0 saturated heterocycles. The van der Waals surface area contributed by atoms with Crippen LogP contribution in [0.5, 0.6) is 5.75 Å². The lowest BCUT2D eigenvalue weighted by Crippen LogP contribution is -1.94. The van der Waals surface area contributed by atoms with Crippen molar-refractivity contribution in [1.29, 1.82) is 0 Å². The Hall–Kier alpha value is -0.220. The molecule has 0 spiro atoms. The molecule has 12 heavy (non-hydrogen) atoms. The van der Waals surface area contributed by atoms with E-state index in [1.807, 2.05) is 13.8 Å². The lowest BCUT2D eigenvalue weighted by molar-refractivity contribution is 0.466. The summed E-state index contributed by atoms with van der Waals surface area (Å²) in [7, 11) is 0. The Bertz CT molecular complexity index is 231. The van der Waals surface area contributed by atoms with Gasteiger partial charge in [-0.3, -0.25) is 0 Å². The normalized spacial score (nSPS) is 10.3. The molecule has 1 rings (SSSR count). The molecule has 0 radical (unpaired) electrons. The molecule has 1 aromatic rings. The molecule has 0 unspecified atom stereocenters. The summed E-state index contributed by atoms with van der Waals surface area (Å²) in [5.74, 6) is 0.281. The molecule has 4 heteroatoms. The molecule has 0 aliphatic rings. The number of anilines is 1. The fraction of sp³-hybridized carbons (Fsp3) is 0.250. The second-order valence-corrected chi connectivity index (χ2v) is 4.23. The Balaban J connectivity index is 3.60. The molecule has 0 atom stereocenters. The van der Waals surface area contributed by atoms with Gasteiger partial charge in [-0.05, 0) is 45.7 Å². The van der Waals surface area contributed by atoms with Crippen LogP contribution in [0.3, 0.4) is 0 Å². The Kier molecular flexibility index (Phi) is 2.68. The number of hydrogen-bond donors (Lipinski definition) is 2. The highest BCUT2D eigenvalue weighted by molar-refractivity contribution is 9.11. The topological polar surface area (TPSA) is 46.2 Å². The Morgan fingerprint density at radius 2 is 1.42 bits per heavy atom. The predicted molar refractivity (Wildman–Crippen MR) is 57.4 cm³/mol.